The number of aliphatic carboxylic acids is 1. The van der Waals surface area contributed by atoms with Gasteiger partial charge in [0.05, 0.1) is 0 Å². The molecule has 0 aromatic heterocycles. The molecule has 0 aliphatic heterocycles. The molecule has 0 bridgehead atoms. The maximum absolute atomic E-state index is 9.25. The summed E-state index contributed by atoms with van der Waals surface area (Å²) in [6.07, 6.45) is -1.00. The topological polar surface area (TPSA) is 104 Å². The predicted octanol–water partition coefficient (Wildman–Crippen LogP) is 3.96. The van der Waals surface area contributed by atoms with Gasteiger partial charge in [0.15, 0.2) is 0 Å². The van der Waals surface area contributed by atoms with E-state index in [2.05, 4.69) is 6.58 Å². The zero-order valence-corrected chi connectivity index (χ0v) is 11.6. The predicted molar refractivity (Wildman–Crippen MR) is 81.4 cm³/mol. The molecule has 0 spiro atoms. The Hall–Kier alpha value is -3.28. The van der Waals surface area contributed by atoms with Gasteiger partial charge >= 0.3 is 12.1 Å². The molecule has 2 aromatic rings. The number of rotatable bonds is 3. The second-order valence-electron chi connectivity index (χ2n) is 3.55. The molecule has 0 radical (unpaired) electrons. The lowest BCUT2D eigenvalue weighted by Crippen LogP contribution is -1.82. The second kappa shape index (κ2) is 11.5. The standard InChI is InChI=1S/C12H10O.C3H4O2.CH2O3/c1-3-7-11(8-4-1)13-12-9-5-2-6-10-12;1-2-3(4)5;2-1(3)4/h1-10H;2H,1H2,(H,4,5);(H2,2,3,4). The van der Waals surface area contributed by atoms with Crippen molar-refractivity contribution in [1.82, 2.24) is 0 Å². The summed E-state index contributed by atoms with van der Waals surface area (Å²) in [4.78, 5) is 17.8. The van der Waals surface area contributed by atoms with E-state index in [0.717, 1.165) is 17.6 Å². The van der Waals surface area contributed by atoms with Crippen LogP contribution in [-0.2, 0) is 4.79 Å². The van der Waals surface area contributed by atoms with Gasteiger partial charge in [-0.15, -0.1) is 0 Å². The van der Waals surface area contributed by atoms with Crippen LogP contribution in [0.5, 0.6) is 11.5 Å². The maximum atomic E-state index is 9.25. The first-order chi connectivity index (χ1) is 10.5. The first-order valence-corrected chi connectivity index (χ1v) is 6.01. The number of para-hydroxylation sites is 2. The van der Waals surface area contributed by atoms with Gasteiger partial charge in [0.2, 0.25) is 0 Å². The van der Waals surface area contributed by atoms with E-state index in [1.54, 1.807) is 0 Å². The number of carboxylic acids is 1. The van der Waals surface area contributed by atoms with Gasteiger partial charge in [-0.1, -0.05) is 43.0 Å². The molecule has 0 fully saturated rings. The minimum atomic E-state index is -1.83. The molecule has 6 heteroatoms. The molecule has 0 heterocycles. The van der Waals surface area contributed by atoms with Gasteiger partial charge in [0.25, 0.3) is 0 Å². The van der Waals surface area contributed by atoms with Crippen LogP contribution in [-0.4, -0.2) is 27.4 Å². The van der Waals surface area contributed by atoms with Crippen molar-refractivity contribution in [3.05, 3.63) is 73.3 Å². The van der Waals surface area contributed by atoms with Crippen molar-refractivity contribution in [3.63, 3.8) is 0 Å². The van der Waals surface area contributed by atoms with Crippen LogP contribution < -0.4 is 4.74 Å². The number of hydrogen-bond acceptors (Lipinski definition) is 3. The number of carboxylic acid groups (broad SMARTS) is 3. The Morgan fingerprint density at radius 1 is 0.818 bits per heavy atom. The zero-order valence-electron chi connectivity index (χ0n) is 11.6. The Bertz CT molecular complexity index is 524. The molecule has 0 unspecified atom stereocenters. The Morgan fingerprint density at radius 3 is 1.32 bits per heavy atom. The fourth-order valence-corrected chi connectivity index (χ4v) is 1.11. The molecule has 6 nitrogen and oxygen atoms in total. The van der Waals surface area contributed by atoms with E-state index in [-0.39, 0.29) is 0 Å². The minimum absolute atomic E-state index is 0.833. The Kier molecular flexibility index (Phi) is 9.82. The highest BCUT2D eigenvalue weighted by Crippen LogP contribution is 2.19. The quantitative estimate of drug-likeness (QED) is 0.741. The average Bonchev–Trinajstić information content (AvgIpc) is 2.49. The lowest BCUT2D eigenvalue weighted by Gasteiger charge is -2.03. The normalized spacial score (nSPS) is 8.18. The summed E-state index contributed by atoms with van der Waals surface area (Å²) >= 11 is 0. The molecule has 116 valence electrons. The molecule has 0 saturated heterocycles. The van der Waals surface area contributed by atoms with Gasteiger partial charge in [0.1, 0.15) is 11.5 Å². The van der Waals surface area contributed by atoms with Crippen LogP contribution in [0.25, 0.3) is 0 Å². The van der Waals surface area contributed by atoms with E-state index in [0.29, 0.717) is 0 Å². The van der Waals surface area contributed by atoms with E-state index in [4.69, 9.17) is 24.9 Å². The lowest BCUT2D eigenvalue weighted by molar-refractivity contribution is -0.131. The van der Waals surface area contributed by atoms with Gasteiger partial charge in [-0.25, -0.2) is 9.59 Å². The molecule has 0 amide bonds. The van der Waals surface area contributed by atoms with Crippen molar-refractivity contribution >= 4 is 12.1 Å². The SMILES string of the molecule is C=CC(=O)O.O=C(O)O.c1ccc(Oc2ccccc2)cc1. The number of benzene rings is 2. The summed E-state index contributed by atoms with van der Waals surface area (Å²) in [6, 6.07) is 19.5. The van der Waals surface area contributed by atoms with E-state index in [1.165, 1.54) is 0 Å². The number of carbonyl (C=O) groups is 2. The minimum Gasteiger partial charge on any atom is -0.478 e. The Balaban J connectivity index is 0.000000411. The van der Waals surface area contributed by atoms with Gasteiger partial charge in [-0.2, -0.15) is 0 Å². The van der Waals surface area contributed by atoms with Crippen LogP contribution in [0.4, 0.5) is 4.79 Å². The van der Waals surface area contributed by atoms with Gasteiger partial charge in [-0.3, -0.25) is 0 Å². The summed E-state index contributed by atoms with van der Waals surface area (Å²) in [5.74, 6) is 0.757. The fraction of sp³-hybridized carbons (Fsp3) is 0. The van der Waals surface area contributed by atoms with Crippen LogP contribution >= 0.6 is 0 Å². The van der Waals surface area contributed by atoms with Crippen LogP contribution in [0, 0.1) is 0 Å². The van der Waals surface area contributed by atoms with Crippen molar-refractivity contribution in [2.45, 2.75) is 0 Å². The summed E-state index contributed by atoms with van der Waals surface area (Å²) in [5.41, 5.74) is 0. The molecule has 3 N–H and O–H groups in total. The van der Waals surface area contributed by atoms with Crippen molar-refractivity contribution in [3.8, 4) is 11.5 Å². The molecule has 0 aliphatic rings. The largest absolute Gasteiger partial charge is 0.503 e. The summed E-state index contributed by atoms with van der Waals surface area (Å²) in [7, 11) is 0. The Labute approximate surface area is 127 Å². The average molecular weight is 304 g/mol. The zero-order chi connectivity index (χ0) is 16.8. The molecular formula is C16H16O6. The number of hydrogen-bond donors (Lipinski definition) is 3. The van der Waals surface area contributed by atoms with Crippen LogP contribution in [0.2, 0.25) is 0 Å². The monoisotopic (exact) mass is 304 g/mol. The van der Waals surface area contributed by atoms with E-state index < -0.39 is 12.1 Å². The molecule has 0 saturated carbocycles. The van der Waals surface area contributed by atoms with Gasteiger partial charge in [0, 0.05) is 6.08 Å². The van der Waals surface area contributed by atoms with Crippen LogP contribution in [0.15, 0.2) is 73.3 Å². The fourth-order valence-electron chi connectivity index (χ4n) is 1.11. The van der Waals surface area contributed by atoms with Crippen molar-refractivity contribution in [2.24, 2.45) is 0 Å². The molecule has 0 aliphatic carbocycles. The molecule has 2 rings (SSSR count). The number of ether oxygens (including phenoxy) is 1. The maximum Gasteiger partial charge on any atom is 0.503 e. The summed E-state index contributed by atoms with van der Waals surface area (Å²) < 4.78 is 5.58. The van der Waals surface area contributed by atoms with Crippen LogP contribution in [0.1, 0.15) is 0 Å². The van der Waals surface area contributed by atoms with E-state index in [9.17, 15) is 4.79 Å². The second-order valence-corrected chi connectivity index (χ2v) is 3.55. The van der Waals surface area contributed by atoms with Gasteiger partial charge in [-0.05, 0) is 24.3 Å². The highest BCUT2D eigenvalue weighted by Gasteiger charge is 1.92. The third kappa shape index (κ3) is 11.8. The first-order valence-electron chi connectivity index (χ1n) is 6.01. The highest BCUT2D eigenvalue weighted by atomic mass is 16.6. The van der Waals surface area contributed by atoms with Gasteiger partial charge < -0.3 is 20.1 Å². The van der Waals surface area contributed by atoms with Crippen LogP contribution in [0.3, 0.4) is 0 Å². The molecule has 2 aromatic carbocycles. The van der Waals surface area contributed by atoms with E-state index >= 15 is 0 Å². The molecule has 22 heavy (non-hydrogen) atoms. The third-order valence-corrected chi connectivity index (χ3v) is 1.90. The van der Waals surface area contributed by atoms with E-state index in [1.807, 2.05) is 60.7 Å². The third-order valence-electron chi connectivity index (χ3n) is 1.90. The van der Waals surface area contributed by atoms with Crippen molar-refractivity contribution in [1.29, 1.82) is 0 Å². The highest BCUT2D eigenvalue weighted by molar-refractivity contribution is 5.78. The van der Waals surface area contributed by atoms with Crippen molar-refractivity contribution < 1.29 is 29.6 Å². The first kappa shape index (κ1) is 18.7. The van der Waals surface area contributed by atoms with Crippen molar-refractivity contribution in [2.75, 3.05) is 0 Å². The molecule has 0 atom stereocenters. The molecular weight excluding hydrogens is 288 g/mol. The Morgan fingerprint density at radius 2 is 1.09 bits per heavy atom. The smallest absolute Gasteiger partial charge is 0.478 e. The summed E-state index contributed by atoms with van der Waals surface area (Å²) in [6.45, 7) is 2.96. The summed E-state index contributed by atoms with van der Waals surface area (Å²) in [5, 5.41) is 21.5. The lowest BCUT2D eigenvalue weighted by atomic mass is 10.3.